The predicted molar refractivity (Wildman–Crippen MR) is 87.9 cm³/mol. The van der Waals surface area contributed by atoms with Crippen molar-refractivity contribution in [3.05, 3.63) is 47.3 Å². The quantitative estimate of drug-likeness (QED) is 0.675. The normalized spacial score (nSPS) is 18.4. The Hall–Kier alpha value is -2.52. The van der Waals surface area contributed by atoms with E-state index < -0.39 is 40.8 Å². The minimum absolute atomic E-state index is 0.158. The second kappa shape index (κ2) is 7.14. The Kier molecular flexibility index (Phi) is 5.16. The van der Waals surface area contributed by atoms with Crippen LogP contribution in [0.3, 0.4) is 0 Å². The largest absolute Gasteiger partial charge is 0.434 e. The number of hydrogen-bond acceptors (Lipinski definition) is 2. The first-order valence-electron chi connectivity index (χ1n) is 8.60. The number of halogens is 6. The fraction of sp³-hybridized carbons (Fsp3) is 0.444. The van der Waals surface area contributed by atoms with Crippen LogP contribution in [0.15, 0.2) is 30.5 Å². The standard InChI is InChI=1S/C18H17F6N3O/c1-11-4-3-7-26(10-11)16(28)14-9-25-27(15(14)18(22,23)24)13-6-2-5-12(8-13)17(19,20)21/h2,5-6,8-9,11H,3-4,7,10H2,1H3. The molecule has 28 heavy (non-hydrogen) atoms. The van der Waals surface area contributed by atoms with Crippen molar-refractivity contribution in [3.63, 3.8) is 0 Å². The van der Waals surface area contributed by atoms with Gasteiger partial charge in [-0.2, -0.15) is 31.4 Å². The molecular weight excluding hydrogens is 388 g/mol. The Morgan fingerprint density at radius 1 is 1.14 bits per heavy atom. The highest BCUT2D eigenvalue weighted by Crippen LogP contribution is 2.36. The van der Waals surface area contributed by atoms with E-state index in [1.165, 1.54) is 4.90 Å². The predicted octanol–water partition coefficient (Wildman–Crippen LogP) is 4.78. The van der Waals surface area contributed by atoms with Gasteiger partial charge in [-0.3, -0.25) is 4.79 Å². The van der Waals surface area contributed by atoms with E-state index in [-0.39, 0.29) is 5.92 Å². The van der Waals surface area contributed by atoms with Crippen LogP contribution in [0.1, 0.15) is 41.4 Å². The molecule has 1 aliphatic rings. The van der Waals surface area contributed by atoms with Gasteiger partial charge in [0, 0.05) is 13.1 Å². The summed E-state index contributed by atoms with van der Waals surface area (Å²) in [5, 5.41) is 3.59. The first-order valence-corrected chi connectivity index (χ1v) is 8.60. The number of nitrogens with zero attached hydrogens (tertiary/aromatic N) is 3. The maximum Gasteiger partial charge on any atom is 0.434 e. The Labute approximate surface area is 156 Å². The maximum absolute atomic E-state index is 13.7. The smallest absolute Gasteiger partial charge is 0.338 e. The van der Waals surface area contributed by atoms with E-state index in [9.17, 15) is 31.1 Å². The van der Waals surface area contributed by atoms with Crippen LogP contribution in [-0.2, 0) is 12.4 Å². The monoisotopic (exact) mass is 405 g/mol. The van der Waals surface area contributed by atoms with Gasteiger partial charge in [0.25, 0.3) is 5.91 Å². The van der Waals surface area contributed by atoms with Crippen molar-refractivity contribution in [2.24, 2.45) is 5.92 Å². The molecule has 2 heterocycles. The van der Waals surface area contributed by atoms with Crippen molar-refractivity contribution in [1.29, 1.82) is 0 Å². The Morgan fingerprint density at radius 3 is 2.46 bits per heavy atom. The second-order valence-electron chi connectivity index (χ2n) is 6.86. The van der Waals surface area contributed by atoms with Gasteiger partial charge in [0.1, 0.15) is 0 Å². The molecule has 0 spiro atoms. The minimum atomic E-state index is -4.98. The van der Waals surface area contributed by atoms with Crippen LogP contribution < -0.4 is 0 Å². The molecule has 1 amide bonds. The van der Waals surface area contributed by atoms with Crippen LogP contribution in [-0.4, -0.2) is 33.7 Å². The molecule has 1 unspecified atom stereocenters. The maximum atomic E-state index is 13.7. The molecule has 1 aromatic carbocycles. The summed E-state index contributed by atoms with van der Waals surface area (Å²) in [4.78, 5) is 14.0. The van der Waals surface area contributed by atoms with Crippen LogP contribution in [0.5, 0.6) is 0 Å². The van der Waals surface area contributed by atoms with E-state index >= 15 is 0 Å². The SMILES string of the molecule is CC1CCCN(C(=O)c2cnn(-c3cccc(C(F)(F)F)c3)c2C(F)(F)F)C1. The van der Waals surface area contributed by atoms with Crippen LogP contribution in [0.2, 0.25) is 0 Å². The molecule has 0 N–H and O–H groups in total. The highest BCUT2D eigenvalue weighted by molar-refractivity contribution is 5.95. The molecule has 4 nitrogen and oxygen atoms in total. The zero-order chi connectivity index (χ0) is 20.7. The average Bonchev–Trinajstić information content (AvgIpc) is 3.06. The van der Waals surface area contributed by atoms with E-state index in [1.54, 1.807) is 0 Å². The molecule has 2 aromatic rings. The number of piperidine rings is 1. The first-order chi connectivity index (χ1) is 13.0. The number of likely N-dealkylation sites (tertiary alicyclic amines) is 1. The van der Waals surface area contributed by atoms with Crippen molar-refractivity contribution in [2.45, 2.75) is 32.1 Å². The lowest BCUT2D eigenvalue weighted by Crippen LogP contribution is -2.39. The fourth-order valence-corrected chi connectivity index (χ4v) is 3.33. The molecule has 1 atom stereocenters. The second-order valence-corrected chi connectivity index (χ2v) is 6.86. The lowest BCUT2D eigenvalue weighted by molar-refractivity contribution is -0.143. The Morgan fingerprint density at radius 2 is 1.86 bits per heavy atom. The summed E-state index contributed by atoms with van der Waals surface area (Å²) in [6, 6.07) is 3.39. The summed E-state index contributed by atoms with van der Waals surface area (Å²) in [6.07, 6.45) is -7.37. The molecule has 3 rings (SSSR count). The van der Waals surface area contributed by atoms with Crippen molar-refractivity contribution in [3.8, 4) is 5.69 Å². The Balaban J connectivity index is 2.06. The summed E-state index contributed by atoms with van der Waals surface area (Å²) in [6.45, 7) is 2.55. The summed E-state index contributed by atoms with van der Waals surface area (Å²) in [5.41, 5.74) is -3.58. The molecule has 1 fully saturated rings. The summed E-state index contributed by atoms with van der Waals surface area (Å²) >= 11 is 0. The average molecular weight is 405 g/mol. The van der Waals surface area contributed by atoms with Crippen molar-refractivity contribution >= 4 is 5.91 Å². The van der Waals surface area contributed by atoms with E-state index in [1.807, 2.05) is 6.92 Å². The van der Waals surface area contributed by atoms with E-state index in [4.69, 9.17) is 0 Å². The van der Waals surface area contributed by atoms with E-state index in [0.717, 1.165) is 30.8 Å². The molecular formula is C18H17F6N3O. The molecule has 1 aliphatic heterocycles. The van der Waals surface area contributed by atoms with Crippen LogP contribution in [0, 0.1) is 5.92 Å². The Bertz CT molecular complexity index is 871. The van der Waals surface area contributed by atoms with Crippen molar-refractivity contribution in [1.82, 2.24) is 14.7 Å². The molecule has 1 aromatic heterocycles. The zero-order valence-electron chi connectivity index (χ0n) is 14.8. The van der Waals surface area contributed by atoms with Gasteiger partial charge in [0.15, 0.2) is 5.69 Å². The fourth-order valence-electron chi connectivity index (χ4n) is 3.33. The minimum Gasteiger partial charge on any atom is -0.338 e. The van der Waals surface area contributed by atoms with Gasteiger partial charge in [-0.05, 0) is 37.0 Å². The topological polar surface area (TPSA) is 38.1 Å². The third-order valence-electron chi connectivity index (χ3n) is 4.63. The van der Waals surface area contributed by atoms with E-state index in [2.05, 4.69) is 5.10 Å². The number of carbonyl (C=O) groups is 1. The van der Waals surface area contributed by atoms with Gasteiger partial charge in [-0.15, -0.1) is 0 Å². The zero-order valence-corrected chi connectivity index (χ0v) is 14.8. The van der Waals surface area contributed by atoms with Gasteiger partial charge >= 0.3 is 12.4 Å². The summed E-state index contributed by atoms with van der Waals surface area (Å²) in [5.74, 6) is -0.664. The van der Waals surface area contributed by atoms with Crippen molar-refractivity contribution < 1.29 is 31.1 Å². The summed E-state index contributed by atoms with van der Waals surface area (Å²) in [7, 11) is 0. The molecule has 0 bridgehead atoms. The third-order valence-corrected chi connectivity index (χ3v) is 4.63. The third kappa shape index (κ3) is 4.00. The molecule has 10 heteroatoms. The number of amides is 1. The van der Waals surface area contributed by atoms with Crippen LogP contribution >= 0.6 is 0 Å². The molecule has 1 saturated heterocycles. The number of hydrogen-bond donors (Lipinski definition) is 0. The number of carbonyl (C=O) groups excluding carboxylic acids is 1. The van der Waals surface area contributed by atoms with Crippen LogP contribution in [0.4, 0.5) is 26.3 Å². The number of rotatable bonds is 2. The molecule has 152 valence electrons. The summed E-state index contributed by atoms with van der Waals surface area (Å²) < 4.78 is 80.2. The van der Waals surface area contributed by atoms with Gasteiger partial charge in [0.2, 0.25) is 0 Å². The highest BCUT2D eigenvalue weighted by atomic mass is 19.4. The van der Waals surface area contributed by atoms with Gasteiger partial charge < -0.3 is 4.90 Å². The van der Waals surface area contributed by atoms with Gasteiger partial charge in [-0.25, -0.2) is 4.68 Å². The number of benzene rings is 1. The molecule has 0 aliphatic carbocycles. The first kappa shape index (κ1) is 20.2. The molecule has 0 saturated carbocycles. The number of aromatic nitrogens is 2. The van der Waals surface area contributed by atoms with E-state index in [0.29, 0.717) is 30.3 Å². The highest BCUT2D eigenvalue weighted by Gasteiger charge is 2.42. The van der Waals surface area contributed by atoms with Gasteiger partial charge in [0.05, 0.1) is 23.0 Å². The number of alkyl halides is 6. The lowest BCUT2D eigenvalue weighted by atomic mass is 9.99. The van der Waals surface area contributed by atoms with Gasteiger partial charge in [-0.1, -0.05) is 13.0 Å². The van der Waals surface area contributed by atoms with Crippen molar-refractivity contribution in [2.75, 3.05) is 13.1 Å². The van der Waals surface area contributed by atoms with Crippen LogP contribution in [0.25, 0.3) is 5.69 Å². The lowest BCUT2D eigenvalue weighted by Gasteiger charge is -2.31. The molecule has 0 radical (unpaired) electrons.